The first-order valence-electron chi connectivity index (χ1n) is 5.61. The zero-order valence-electron chi connectivity index (χ0n) is 10.6. The molecule has 1 aromatic rings. The molecule has 0 radical (unpaired) electrons. The van der Waals surface area contributed by atoms with E-state index in [1.807, 2.05) is 0 Å². The zero-order chi connectivity index (χ0) is 16.1. The van der Waals surface area contributed by atoms with Gasteiger partial charge in [-0.2, -0.15) is 13.2 Å². The standard InChI is InChI=1S/C11H12F3NO5S/c12-11(13,14)7-20-8-1-3-9(4-2-8)21(18,19)15-6-5-10(16)17/h1-4,15H,5-7H2,(H,16,17). The minimum atomic E-state index is -4.48. The number of halogens is 3. The van der Waals surface area contributed by atoms with Gasteiger partial charge < -0.3 is 9.84 Å². The lowest BCUT2D eigenvalue weighted by molar-refractivity contribution is -0.153. The van der Waals surface area contributed by atoms with E-state index in [1.165, 1.54) is 0 Å². The maximum atomic E-state index is 11.9. The first-order valence-corrected chi connectivity index (χ1v) is 7.09. The van der Waals surface area contributed by atoms with E-state index in [0.29, 0.717) is 0 Å². The molecule has 10 heteroatoms. The predicted octanol–water partition coefficient (Wildman–Crippen LogP) is 1.38. The maximum absolute atomic E-state index is 11.9. The van der Waals surface area contributed by atoms with Crippen LogP contribution >= 0.6 is 0 Å². The van der Waals surface area contributed by atoms with Gasteiger partial charge in [-0.15, -0.1) is 0 Å². The lowest BCUT2D eigenvalue weighted by atomic mass is 10.3. The smallest absolute Gasteiger partial charge is 0.422 e. The number of hydrogen-bond donors (Lipinski definition) is 2. The number of carbonyl (C=O) groups is 1. The van der Waals surface area contributed by atoms with E-state index in [4.69, 9.17) is 5.11 Å². The highest BCUT2D eigenvalue weighted by atomic mass is 32.2. The van der Waals surface area contributed by atoms with Gasteiger partial charge in [0, 0.05) is 6.54 Å². The predicted molar refractivity (Wildman–Crippen MR) is 65.4 cm³/mol. The van der Waals surface area contributed by atoms with Gasteiger partial charge in [-0.05, 0) is 24.3 Å². The third-order valence-electron chi connectivity index (χ3n) is 2.17. The molecule has 1 rings (SSSR count). The van der Waals surface area contributed by atoms with Gasteiger partial charge in [-0.3, -0.25) is 4.79 Å². The number of benzene rings is 1. The quantitative estimate of drug-likeness (QED) is 0.789. The molecule has 0 fully saturated rings. The number of hydrogen-bond acceptors (Lipinski definition) is 4. The summed E-state index contributed by atoms with van der Waals surface area (Å²) in [5.41, 5.74) is 0. The third kappa shape index (κ3) is 6.45. The SMILES string of the molecule is O=C(O)CCNS(=O)(=O)c1ccc(OCC(F)(F)F)cc1. The molecular weight excluding hydrogens is 315 g/mol. The Bertz CT molecular complexity index is 583. The van der Waals surface area contributed by atoms with Crippen molar-refractivity contribution in [2.45, 2.75) is 17.5 Å². The number of sulfonamides is 1. The average molecular weight is 327 g/mol. The monoisotopic (exact) mass is 327 g/mol. The lowest BCUT2D eigenvalue weighted by Gasteiger charge is -2.10. The van der Waals surface area contributed by atoms with Crippen LogP contribution in [0, 0.1) is 0 Å². The van der Waals surface area contributed by atoms with E-state index in [9.17, 15) is 26.4 Å². The van der Waals surface area contributed by atoms with Crippen LogP contribution in [0.15, 0.2) is 29.2 Å². The van der Waals surface area contributed by atoms with Crippen LogP contribution in [0.4, 0.5) is 13.2 Å². The van der Waals surface area contributed by atoms with Crippen molar-refractivity contribution < 1.29 is 36.2 Å². The van der Waals surface area contributed by atoms with Crippen LogP contribution in [0.5, 0.6) is 5.75 Å². The molecule has 0 unspecified atom stereocenters. The molecule has 2 N–H and O–H groups in total. The second kappa shape index (κ2) is 6.76. The van der Waals surface area contributed by atoms with Gasteiger partial charge in [0.1, 0.15) is 5.75 Å². The number of ether oxygens (including phenoxy) is 1. The highest BCUT2D eigenvalue weighted by Gasteiger charge is 2.28. The van der Waals surface area contributed by atoms with Crippen molar-refractivity contribution in [3.8, 4) is 5.75 Å². The van der Waals surface area contributed by atoms with Gasteiger partial charge in [0.2, 0.25) is 10.0 Å². The summed E-state index contributed by atoms with van der Waals surface area (Å²) in [6.45, 7) is -1.76. The van der Waals surface area contributed by atoms with Crippen LogP contribution in [0.1, 0.15) is 6.42 Å². The van der Waals surface area contributed by atoms with Gasteiger partial charge in [-0.25, -0.2) is 13.1 Å². The highest BCUT2D eigenvalue weighted by molar-refractivity contribution is 7.89. The average Bonchev–Trinajstić information content (AvgIpc) is 2.35. The molecule has 0 atom stereocenters. The second-order valence-electron chi connectivity index (χ2n) is 3.92. The third-order valence-corrected chi connectivity index (χ3v) is 3.64. The van der Waals surface area contributed by atoms with Gasteiger partial charge in [0.05, 0.1) is 11.3 Å². The second-order valence-corrected chi connectivity index (χ2v) is 5.68. The molecule has 0 spiro atoms. The van der Waals surface area contributed by atoms with Crippen LogP contribution in [0.25, 0.3) is 0 Å². The Morgan fingerprint density at radius 2 is 1.81 bits per heavy atom. The Labute approximate surface area is 118 Å². The molecule has 118 valence electrons. The summed E-state index contributed by atoms with van der Waals surface area (Å²) in [7, 11) is -3.91. The Balaban J connectivity index is 2.66. The van der Waals surface area contributed by atoms with E-state index in [1.54, 1.807) is 0 Å². The van der Waals surface area contributed by atoms with E-state index in [-0.39, 0.29) is 23.6 Å². The summed E-state index contributed by atoms with van der Waals surface area (Å²) in [6, 6.07) is 4.29. The number of alkyl halides is 3. The van der Waals surface area contributed by atoms with Gasteiger partial charge in [0.15, 0.2) is 6.61 Å². The molecule has 0 saturated heterocycles. The van der Waals surface area contributed by atoms with Gasteiger partial charge in [-0.1, -0.05) is 0 Å². The molecule has 0 saturated carbocycles. The van der Waals surface area contributed by atoms with Crippen LogP contribution in [0.3, 0.4) is 0 Å². The number of nitrogens with one attached hydrogen (secondary N) is 1. The molecule has 21 heavy (non-hydrogen) atoms. The molecule has 0 aliphatic rings. The van der Waals surface area contributed by atoms with E-state index >= 15 is 0 Å². The van der Waals surface area contributed by atoms with Crippen molar-refractivity contribution in [1.82, 2.24) is 4.72 Å². The largest absolute Gasteiger partial charge is 0.484 e. The Morgan fingerprint density at radius 1 is 1.24 bits per heavy atom. The van der Waals surface area contributed by atoms with Crippen LogP contribution in [0.2, 0.25) is 0 Å². The fourth-order valence-corrected chi connectivity index (χ4v) is 2.29. The molecule has 0 amide bonds. The highest BCUT2D eigenvalue weighted by Crippen LogP contribution is 2.20. The van der Waals surface area contributed by atoms with E-state index in [0.717, 1.165) is 24.3 Å². The summed E-state index contributed by atoms with van der Waals surface area (Å²) in [5, 5.41) is 8.40. The number of carboxylic acid groups (broad SMARTS) is 1. The van der Waals surface area contributed by atoms with E-state index < -0.39 is 28.8 Å². The van der Waals surface area contributed by atoms with Gasteiger partial charge >= 0.3 is 12.1 Å². The summed E-state index contributed by atoms with van der Waals surface area (Å²) < 4.78 is 65.7. The number of rotatable bonds is 7. The molecule has 0 aliphatic carbocycles. The lowest BCUT2D eigenvalue weighted by Crippen LogP contribution is -2.26. The normalized spacial score (nSPS) is 12.1. The fourth-order valence-electron chi connectivity index (χ4n) is 1.26. The van der Waals surface area contributed by atoms with Crippen molar-refractivity contribution in [2.24, 2.45) is 0 Å². The Hall–Kier alpha value is -1.81. The Morgan fingerprint density at radius 3 is 2.29 bits per heavy atom. The number of carboxylic acids is 1. The molecule has 0 aromatic heterocycles. The number of aliphatic carboxylic acids is 1. The first-order chi connectivity index (χ1) is 9.60. The van der Waals surface area contributed by atoms with Gasteiger partial charge in [0.25, 0.3) is 0 Å². The Kier molecular flexibility index (Phi) is 5.55. The maximum Gasteiger partial charge on any atom is 0.422 e. The first kappa shape index (κ1) is 17.2. The van der Waals surface area contributed by atoms with Crippen molar-refractivity contribution >= 4 is 16.0 Å². The minimum Gasteiger partial charge on any atom is -0.484 e. The van der Waals surface area contributed by atoms with Crippen LogP contribution < -0.4 is 9.46 Å². The molecular formula is C11H12F3NO5S. The molecule has 0 bridgehead atoms. The molecule has 6 nitrogen and oxygen atoms in total. The summed E-state index contributed by atoms with van der Waals surface area (Å²) in [6.07, 6.45) is -4.87. The topological polar surface area (TPSA) is 92.7 Å². The molecule has 1 aromatic carbocycles. The van der Waals surface area contributed by atoms with Crippen LogP contribution in [-0.4, -0.2) is 38.8 Å². The van der Waals surface area contributed by atoms with Crippen LogP contribution in [-0.2, 0) is 14.8 Å². The minimum absolute atomic E-state index is 0.128. The summed E-state index contributed by atoms with van der Waals surface area (Å²) in [4.78, 5) is 10.1. The van der Waals surface area contributed by atoms with Crippen molar-refractivity contribution in [1.29, 1.82) is 0 Å². The fraction of sp³-hybridized carbons (Fsp3) is 0.364. The molecule has 0 aliphatic heterocycles. The molecule has 0 heterocycles. The van der Waals surface area contributed by atoms with E-state index in [2.05, 4.69) is 9.46 Å². The zero-order valence-corrected chi connectivity index (χ0v) is 11.4. The van der Waals surface area contributed by atoms with Crippen molar-refractivity contribution in [3.05, 3.63) is 24.3 Å². The summed E-state index contributed by atoms with van der Waals surface area (Å²) in [5.74, 6) is -1.29. The van der Waals surface area contributed by atoms with Crippen molar-refractivity contribution in [2.75, 3.05) is 13.2 Å². The summed E-state index contributed by atoms with van der Waals surface area (Å²) >= 11 is 0. The van der Waals surface area contributed by atoms with Crippen molar-refractivity contribution in [3.63, 3.8) is 0 Å².